The van der Waals surface area contributed by atoms with Gasteiger partial charge in [0.15, 0.2) is 0 Å². The molecule has 0 aliphatic rings. The van der Waals surface area contributed by atoms with Gasteiger partial charge in [-0.05, 0) is 18.4 Å². The van der Waals surface area contributed by atoms with Crippen LogP contribution in [0.1, 0.15) is 26.7 Å². The standard InChI is InChI=1S/C8H14O/c1-3-8(2)6-4-5-7-9/h4-5,7-8H,3,6H2,1-2H3/b5-4-. The highest BCUT2D eigenvalue weighted by molar-refractivity contribution is 5.64. The van der Waals surface area contributed by atoms with E-state index in [0.29, 0.717) is 5.92 Å². The summed E-state index contributed by atoms with van der Waals surface area (Å²) in [7, 11) is 0. The average Bonchev–Trinajstić information content (AvgIpc) is 1.89. The number of aldehydes is 1. The van der Waals surface area contributed by atoms with Gasteiger partial charge in [-0.3, -0.25) is 4.79 Å². The summed E-state index contributed by atoms with van der Waals surface area (Å²) in [5.74, 6) is 0.709. The molecule has 0 radical (unpaired) electrons. The van der Waals surface area contributed by atoms with Crippen LogP contribution in [0.15, 0.2) is 12.2 Å². The van der Waals surface area contributed by atoms with E-state index in [9.17, 15) is 4.79 Å². The van der Waals surface area contributed by atoms with E-state index in [-0.39, 0.29) is 0 Å². The summed E-state index contributed by atoms with van der Waals surface area (Å²) in [6.07, 6.45) is 6.51. The summed E-state index contributed by atoms with van der Waals surface area (Å²) in [6.45, 7) is 4.33. The van der Waals surface area contributed by atoms with Crippen molar-refractivity contribution in [3.63, 3.8) is 0 Å². The van der Waals surface area contributed by atoms with Crippen LogP contribution in [0.3, 0.4) is 0 Å². The van der Waals surface area contributed by atoms with Crippen LogP contribution in [0.25, 0.3) is 0 Å². The highest BCUT2D eigenvalue weighted by Gasteiger charge is 1.91. The van der Waals surface area contributed by atoms with Crippen LogP contribution in [0, 0.1) is 5.92 Å². The summed E-state index contributed by atoms with van der Waals surface area (Å²) in [6, 6.07) is 0. The third-order valence-corrected chi connectivity index (χ3v) is 1.45. The van der Waals surface area contributed by atoms with Gasteiger partial charge in [-0.15, -0.1) is 0 Å². The minimum Gasteiger partial charge on any atom is -0.299 e. The molecule has 0 saturated carbocycles. The van der Waals surface area contributed by atoms with Gasteiger partial charge in [0.25, 0.3) is 0 Å². The lowest BCUT2D eigenvalue weighted by molar-refractivity contribution is -0.104. The molecule has 1 nitrogen and oxygen atoms in total. The number of carbonyl (C=O) groups excluding carboxylic acids is 1. The van der Waals surface area contributed by atoms with Crippen LogP contribution < -0.4 is 0 Å². The molecule has 0 amide bonds. The zero-order chi connectivity index (χ0) is 7.11. The quantitative estimate of drug-likeness (QED) is 0.417. The van der Waals surface area contributed by atoms with E-state index in [1.165, 1.54) is 6.42 Å². The summed E-state index contributed by atoms with van der Waals surface area (Å²) in [5, 5.41) is 0. The molecule has 0 bridgehead atoms. The highest BCUT2D eigenvalue weighted by atomic mass is 16.1. The SMILES string of the molecule is CCC(C)C/C=C\C=O. The lowest BCUT2D eigenvalue weighted by Gasteiger charge is -2.00. The predicted octanol–water partition coefficient (Wildman–Crippen LogP) is 2.18. The molecule has 0 aromatic heterocycles. The lowest BCUT2D eigenvalue weighted by atomic mass is 10.1. The third kappa shape index (κ3) is 5.28. The molecule has 0 aliphatic carbocycles. The Morgan fingerprint density at radius 2 is 2.22 bits per heavy atom. The molecule has 0 aromatic rings. The second kappa shape index (κ2) is 5.54. The Morgan fingerprint density at radius 1 is 1.56 bits per heavy atom. The minimum absolute atomic E-state index is 0.709. The first-order chi connectivity index (χ1) is 4.31. The minimum atomic E-state index is 0.709. The molecular weight excluding hydrogens is 112 g/mol. The molecule has 1 unspecified atom stereocenters. The van der Waals surface area contributed by atoms with Gasteiger partial charge in [0.1, 0.15) is 6.29 Å². The number of hydrogen-bond donors (Lipinski definition) is 0. The molecule has 0 aromatic carbocycles. The fourth-order valence-electron chi connectivity index (χ4n) is 0.533. The highest BCUT2D eigenvalue weighted by Crippen LogP contribution is 2.05. The van der Waals surface area contributed by atoms with Gasteiger partial charge in [0.05, 0.1) is 0 Å². The van der Waals surface area contributed by atoms with Gasteiger partial charge in [0, 0.05) is 0 Å². The molecular formula is C8H14O. The van der Waals surface area contributed by atoms with Gasteiger partial charge in [-0.25, -0.2) is 0 Å². The Morgan fingerprint density at radius 3 is 2.67 bits per heavy atom. The zero-order valence-electron chi connectivity index (χ0n) is 6.13. The van der Waals surface area contributed by atoms with Crippen molar-refractivity contribution in [1.82, 2.24) is 0 Å². The van der Waals surface area contributed by atoms with Gasteiger partial charge >= 0.3 is 0 Å². The second-order valence-corrected chi connectivity index (χ2v) is 2.31. The molecule has 0 N–H and O–H groups in total. The lowest BCUT2D eigenvalue weighted by Crippen LogP contribution is -1.87. The summed E-state index contributed by atoms with van der Waals surface area (Å²) in [5.41, 5.74) is 0. The molecule has 9 heavy (non-hydrogen) atoms. The largest absolute Gasteiger partial charge is 0.299 e. The summed E-state index contributed by atoms with van der Waals surface area (Å²) in [4.78, 5) is 9.79. The second-order valence-electron chi connectivity index (χ2n) is 2.31. The Bertz CT molecular complexity index is 94.7. The van der Waals surface area contributed by atoms with Crippen molar-refractivity contribution in [3.05, 3.63) is 12.2 Å². The maximum absolute atomic E-state index is 9.79. The number of hydrogen-bond acceptors (Lipinski definition) is 1. The first kappa shape index (κ1) is 8.41. The predicted molar refractivity (Wildman–Crippen MR) is 39.3 cm³/mol. The van der Waals surface area contributed by atoms with Crippen molar-refractivity contribution in [2.24, 2.45) is 5.92 Å². The van der Waals surface area contributed by atoms with Crippen molar-refractivity contribution in [2.45, 2.75) is 26.7 Å². The van der Waals surface area contributed by atoms with E-state index in [1.54, 1.807) is 6.08 Å². The van der Waals surface area contributed by atoms with Crippen molar-refractivity contribution in [3.8, 4) is 0 Å². The third-order valence-electron chi connectivity index (χ3n) is 1.45. The Hall–Kier alpha value is -0.590. The van der Waals surface area contributed by atoms with Crippen molar-refractivity contribution < 1.29 is 4.79 Å². The monoisotopic (exact) mass is 126 g/mol. The van der Waals surface area contributed by atoms with Crippen LogP contribution >= 0.6 is 0 Å². The fraction of sp³-hybridized carbons (Fsp3) is 0.625. The Labute approximate surface area is 56.8 Å². The van der Waals surface area contributed by atoms with Crippen LogP contribution in [0.5, 0.6) is 0 Å². The molecule has 0 fully saturated rings. The number of carbonyl (C=O) groups is 1. The van der Waals surface area contributed by atoms with E-state index in [0.717, 1.165) is 12.7 Å². The zero-order valence-corrected chi connectivity index (χ0v) is 6.13. The molecule has 0 heterocycles. The molecule has 0 rings (SSSR count). The van der Waals surface area contributed by atoms with E-state index in [1.807, 2.05) is 6.08 Å². The van der Waals surface area contributed by atoms with Crippen LogP contribution in [0.4, 0.5) is 0 Å². The van der Waals surface area contributed by atoms with Crippen LogP contribution in [0.2, 0.25) is 0 Å². The first-order valence-electron chi connectivity index (χ1n) is 3.41. The maximum atomic E-state index is 9.79. The van der Waals surface area contributed by atoms with Gasteiger partial charge in [-0.2, -0.15) is 0 Å². The van der Waals surface area contributed by atoms with E-state index < -0.39 is 0 Å². The Kier molecular flexibility index (Phi) is 5.18. The molecule has 0 saturated heterocycles. The molecule has 0 aliphatic heterocycles. The topological polar surface area (TPSA) is 17.1 Å². The van der Waals surface area contributed by atoms with E-state index >= 15 is 0 Å². The Balaban J connectivity index is 3.25. The summed E-state index contributed by atoms with van der Waals surface area (Å²) >= 11 is 0. The summed E-state index contributed by atoms with van der Waals surface area (Å²) < 4.78 is 0. The van der Waals surface area contributed by atoms with Crippen LogP contribution in [-0.2, 0) is 4.79 Å². The van der Waals surface area contributed by atoms with Gasteiger partial charge < -0.3 is 0 Å². The van der Waals surface area contributed by atoms with Crippen molar-refractivity contribution in [2.75, 3.05) is 0 Å². The first-order valence-corrected chi connectivity index (χ1v) is 3.41. The molecule has 1 atom stereocenters. The normalized spacial score (nSPS) is 14.0. The molecule has 52 valence electrons. The smallest absolute Gasteiger partial charge is 0.142 e. The molecule has 0 spiro atoms. The van der Waals surface area contributed by atoms with E-state index in [2.05, 4.69) is 13.8 Å². The number of rotatable bonds is 4. The van der Waals surface area contributed by atoms with Gasteiger partial charge in [0.2, 0.25) is 0 Å². The van der Waals surface area contributed by atoms with Crippen molar-refractivity contribution in [1.29, 1.82) is 0 Å². The number of allylic oxidation sites excluding steroid dienone is 2. The maximum Gasteiger partial charge on any atom is 0.142 e. The van der Waals surface area contributed by atoms with Crippen molar-refractivity contribution >= 4 is 6.29 Å². The van der Waals surface area contributed by atoms with Gasteiger partial charge in [-0.1, -0.05) is 26.3 Å². The fourth-order valence-corrected chi connectivity index (χ4v) is 0.533. The average molecular weight is 126 g/mol. The molecule has 1 heteroatoms. The van der Waals surface area contributed by atoms with E-state index in [4.69, 9.17) is 0 Å². The van der Waals surface area contributed by atoms with Crippen LogP contribution in [-0.4, -0.2) is 6.29 Å².